The van der Waals surface area contributed by atoms with Gasteiger partial charge >= 0.3 is 6.18 Å². The summed E-state index contributed by atoms with van der Waals surface area (Å²) in [5.74, 6) is 0.950. The third-order valence-corrected chi connectivity index (χ3v) is 7.59. The number of ether oxygens (including phenoxy) is 3. The molecule has 0 atom stereocenters. The lowest BCUT2D eigenvalue weighted by Gasteiger charge is -2.27. The molecule has 1 aliphatic heterocycles. The van der Waals surface area contributed by atoms with Gasteiger partial charge in [-0.2, -0.15) is 17.5 Å². The average molecular weight is 555 g/mol. The van der Waals surface area contributed by atoms with Crippen LogP contribution in [0.1, 0.15) is 16.9 Å². The largest absolute Gasteiger partial charge is 0.467 e. The van der Waals surface area contributed by atoms with E-state index in [2.05, 4.69) is 0 Å². The zero-order valence-electron chi connectivity index (χ0n) is 20.3. The van der Waals surface area contributed by atoms with E-state index in [1.165, 1.54) is 18.3 Å². The number of carbonyl (C=O) groups is 1. The van der Waals surface area contributed by atoms with Crippen LogP contribution in [0.25, 0.3) is 0 Å². The van der Waals surface area contributed by atoms with Crippen molar-refractivity contribution in [3.63, 3.8) is 0 Å². The molecule has 2 heterocycles. The van der Waals surface area contributed by atoms with Gasteiger partial charge in [-0.1, -0.05) is 12.1 Å². The number of furan rings is 1. The van der Waals surface area contributed by atoms with E-state index in [4.69, 9.17) is 18.6 Å². The van der Waals surface area contributed by atoms with Gasteiger partial charge in [0.15, 0.2) is 11.5 Å². The van der Waals surface area contributed by atoms with Crippen molar-refractivity contribution in [3.8, 4) is 11.5 Å². The molecule has 0 spiro atoms. The molecule has 3 aromatic rings. The fourth-order valence-electron chi connectivity index (χ4n) is 3.79. The second-order valence-corrected chi connectivity index (χ2v) is 10.3. The maximum Gasteiger partial charge on any atom is 0.416 e. The van der Waals surface area contributed by atoms with Crippen LogP contribution in [0.5, 0.6) is 11.5 Å². The SMILES string of the molecule is COCCN(CC(=O)N(Cc1ccc2c(c1)OCO2)Cc1ccco1)S(=O)(=O)c1cccc(C(F)(F)F)c1. The number of halogens is 3. The van der Waals surface area contributed by atoms with E-state index in [9.17, 15) is 26.4 Å². The summed E-state index contributed by atoms with van der Waals surface area (Å²) in [4.78, 5) is 14.3. The van der Waals surface area contributed by atoms with Gasteiger partial charge in [-0.25, -0.2) is 8.42 Å². The van der Waals surface area contributed by atoms with E-state index >= 15 is 0 Å². The topological polar surface area (TPSA) is 98.5 Å². The number of alkyl halides is 3. The lowest BCUT2D eigenvalue weighted by Crippen LogP contribution is -2.43. The van der Waals surface area contributed by atoms with Gasteiger partial charge in [0, 0.05) is 20.2 Å². The highest BCUT2D eigenvalue weighted by Crippen LogP contribution is 2.33. The second-order valence-electron chi connectivity index (χ2n) is 8.37. The predicted octanol–water partition coefficient (Wildman–Crippen LogP) is 3.89. The molecule has 4 rings (SSSR count). The number of hydrogen-bond donors (Lipinski definition) is 0. The van der Waals surface area contributed by atoms with Crippen LogP contribution in [-0.4, -0.2) is 57.1 Å². The first-order chi connectivity index (χ1) is 18.1. The summed E-state index contributed by atoms with van der Waals surface area (Å²) in [6, 6.07) is 11.9. The molecule has 0 saturated carbocycles. The van der Waals surface area contributed by atoms with E-state index in [-0.39, 0.29) is 33.0 Å². The van der Waals surface area contributed by atoms with Crippen molar-refractivity contribution in [2.75, 3.05) is 33.6 Å². The van der Waals surface area contributed by atoms with Crippen LogP contribution in [0.3, 0.4) is 0 Å². The summed E-state index contributed by atoms with van der Waals surface area (Å²) in [6.45, 7) is -0.770. The van der Waals surface area contributed by atoms with Crippen LogP contribution in [-0.2, 0) is 38.8 Å². The van der Waals surface area contributed by atoms with Gasteiger partial charge in [-0.3, -0.25) is 4.79 Å². The molecule has 38 heavy (non-hydrogen) atoms. The number of methoxy groups -OCH3 is 1. The number of rotatable bonds is 11. The van der Waals surface area contributed by atoms with E-state index in [1.807, 2.05) is 0 Å². The van der Waals surface area contributed by atoms with Crippen molar-refractivity contribution in [2.45, 2.75) is 24.2 Å². The molecule has 0 saturated heterocycles. The van der Waals surface area contributed by atoms with Gasteiger partial charge in [-0.05, 0) is 48.0 Å². The Morgan fingerprint density at radius 2 is 1.82 bits per heavy atom. The molecule has 1 amide bonds. The van der Waals surface area contributed by atoms with Crippen LogP contribution in [0.2, 0.25) is 0 Å². The Bertz CT molecular complexity index is 1360. The molecule has 0 bridgehead atoms. The van der Waals surface area contributed by atoms with E-state index in [0.717, 1.165) is 22.5 Å². The summed E-state index contributed by atoms with van der Waals surface area (Å²) in [5.41, 5.74) is -0.419. The quantitative estimate of drug-likeness (QED) is 0.355. The molecule has 1 aromatic heterocycles. The lowest BCUT2D eigenvalue weighted by atomic mass is 10.2. The highest BCUT2D eigenvalue weighted by atomic mass is 32.2. The Kier molecular flexibility index (Phi) is 8.29. The minimum absolute atomic E-state index is 0.0298. The van der Waals surface area contributed by atoms with Crippen LogP contribution in [0.15, 0.2) is 70.2 Å². The summed E-state index contributed by atoms with van der Waals surface area (Å²) >= 11 is 0. The molecule has 2 aromatic carbocycles. The number of benzene rings is 2. The van der Waals surface area contributed by atoms with Gasteiger partial charge in [-0.15, -0.1) is 0 Å². The Labute approximate surface area is 217 Å². The molecular formula is C25H25F3N2O7S. The van der Waals surface area contributed by atoms with Crippen molar-refractivity contribution in [1.29, 1.82) is 0 Å². The second kappa shape index (κ2) is 11.5. The van der Waals surface area contributed by atoms with Gasteiger partial charge in [0.1, 0.15) is 5.76 Å². The normalized spacial score (nSPS) is 13.2. The predicted molar refractivity (Wildman–Crippen MR) is 128 cm³/mol. The summed E-state index contributed by atoms with van der Waals surface area (Å²) < 4.78 is 88.3. The molecule has 13 heteroatoms. The fraction of sp³-hybridized carbons (Fsp3) is 0.320. The van der Waals surface area contributed by atoms with E-state index in [1.54, 1.807) is 30.3 Å². The Morgan fingerprint density at radius 1 is 1.03 bits per heavy atom. The van der Waals surface area contributed by atoms with Gasteiger partial charge in [0.05, 0.1) is 36.4 Å². The van der Waals surface area contributed by atoms with Gasteiger partial charge < -0.3 is 23.5 Å². The van der Waals surface area contributed by atoms with Crippen molar-refractivity contribution in [2.24, 2.45) is 0 Å². The number of carbonyl (C=O) groups excluding carboxylic acids is 1. The third-order valence-electron chi connectivity index (χ3n) is 5.75. The monoisotopic (exact) mass is 554 g/mol. The highest BCUT2D eigenvalue weighted by molar-refractivity contribution is 7.89. The Balaban J connectivity index is 1.60. The number of hydrogen-bond acceptors (Lipinski definition) is 7. The Morgan fingerprint density at radius 3 is 2.53 bits per heavy atom. The molecule has 0 unspecified atom stereocenters. The number of fused-ring (bicyclic) bond motifs is 1. The zero-order valence-corrected chi connectivity index (χ0v) is 21.1. The van der Waals surface area contributed by atoms with Crippen LogP contribution < -0.4 is 9.47 Å². The van der Waals surface area contributed by atoms with Crippen LogP contribution >= 0.6 is 0 Å². The summed E-state index contributed by atoms with van der Waals surface area (Å²) in [6.07, 6.45) is -3.29. The van der Waals surface area contributed by atoms with E-state index in [0.29, 0.717) is 28.9 Å². The van der Waals surface area contributed by atoms with E-state index < -0.39 is 39.1 Å². The van der Waals surface area contributed by atoms with Crippen molar-refractivity contribution in [3.05, 3.63) is 77.7 Å². The standard InChI is InChI=1S/C25H25F3N2O7S/c1-34-11-9-30(38(32,33)21-6-2-4-19(13-21)25(26,27)28)16-24(31)29(15-20-5-3-10-35-20)14-18-7-8-22-23(12-18)37-17-36-22/h2-8,10,12-13H,9,11,14-17H2,1H3. The molecule has 1 aliphatic rings. The molecule has 0 fully saturated rings. The van der Waals surface area contributed by atoms with Crippen LogP contribution in [0.4, 0.5) is 13.2 Å². The third kappa shape index (κ3) is 6.47. The maximum atomic E-state index is 13.5. The minimum Gasteiger partial charge on any atom is -0.467 e. The molecule has 0 aliphatic carbocycles. The fourth-order valence-corrected chi connectivity index (χ4v) is 5.21. The van der Waals surface area contributed by atoms with Crippen molar-refractivity contribution in [1.82, 2.24) is 9.21 Å². The van der Waals surface area contributed by atoms with Crippen LogP contribution in [0, 0.1) is 0 Å². The number of amides is 1. The Hall–Kier alpha value is -3.55. The minimum atomic E-state index is -4.73. The van der Waals surface area contributed by atoms with Gasteiger partial charge in [0.2, 0.25) is 22.7 Å². The summed E-state index contributed by atoms with van der Waals surface area (Å²) in [5, 5.41) is 0. The molecule has 0 N–H and O–H groups in total. The highest BCUT2D eigenvalue weighted by Gasteiger charge is 2.34. The molecule has 204 valence electrons. The first kappa shape index (κ1) is 27.5. The lowest BCUT2D eigenvalue weighted by molar-refractivity contribution is -0.137. The molecular weight excluding hydrogens is 529 g/mol. The van der Waals surface area contributed by atoms with Gasteiger partial charge in [0.25, 0.3) is 0 Å². The zero-order chi connectivity index (χ0) is 27.3. The summed E-state index contributed by atoms with van der Waals surface area (Å²) in [7, 11) is -3.13. The van der Waals surface area contributed by atoms with Crippen molar-refractivity contribution < 1.29 is 45.0 Å². The smallest absolute Gasteiger partial charge is 0.416 e. The first-order valence-corrected chi connectivity index (χ1v) is 12.9. The molecule has 9 nitrogen and oxygen atoms in total. The number of nitrogens with zero attached hydrogens (tertiary/aromatic N) is 2. The number of sulfonamides is 1. The average Bonchev–Trinajstić information content (AvgIpc) is 3.57. The first-order valence-electron chi connectivity index (χ1n) is 11.4. The van der Waals surface area contributed by atoms with Crippen molar-refractivity contribution >= 4 is 15.9 Å². The molecule has 0 radical (unpaired) electrons. The maximum absolute atomic E-state index is 13.5.